The highest BCUT2D eigenvalue weighted by Crippen LogP contribution is 2.42. The number of aliphatic hydroxyl groups is 1. The summed E-state index contributed by atoms with van der Waals surface area (Å²) in [5.74, 6) is 0.103. The van der Waals surface area contributed by atoms with Crippen LogP contribution in [0, 0.1) is 5.92 Å². The van der Waals surface area contributed by atoms with Crippen LogP contribution in [0.25, 0.3) is 11.2 Å². The Morgan fingerprint density at radius 3 is 2.38 bits per heavy atom. The van der Waals surface area contributed by atoms with Gasteiger partial charge in [0, 0.05) is 18.0 Å². The molecule has 0 bridgehead atoms. The number of primary amides is 1. The number of imidazole rings is 1. The number of nitrogens with one attached hydrogen (secondary N) is 2. The summed E-state index contributed by atoms with van der Waals surface area (Å²) in [6, 6.07) is 1.51. The van der Waals surface area contributed by atoms with Gasteiger partial charge in [0.1, 0.15) is 5.52 Å². The van der Waals surface area contributed by atoms with E-state index in [0.29, 0.717) is 49.2 Å². The highest BCUT2D eigenvalue weighted by molar-refractivity contribution is 6.39. The number of halogens is 5. The second-order valence-corrected chi connectivity index (χ2v) is 11.0. The van der Waals surface area contributed by atoms with E-state index >= 15 is 0 Å². The monoisotopic (exact) mass is 585 g/mol. The van der Waals surface area contributed by atoms with E-state index in [1.807, 2.05) is 4.57 Å². The van der Waals surface area contributed by atoms with E-state index in [-0.39, 0.29) is 51.7 Å². The summed E-state index contributed by atoms with van der Waals surface area (Å²) < 4.78 is 41.6. The van der Waals surface area contributed by atoms with Crippen molar-refractivity contribution in [2.24, 2.45) is 11.7 Å². The van der Waals surface area contributed by atoms with Gasteiger partial charge in [0.05, 0.1) is 33.6 Å². The average molecular weight is 586 g/mol. The quantitative estimate of drug-likeness (QED) is 0.286. The molecular formula is C25H28Cl2F3N7O2. The van der Waals surface area contributed by atoms with Crippen molar-refractivity contribution >= 4 is 57.9 Å². The fourth-order valence-electron chi connectivity index (χ4n) is 5.46. The lowest BCUT2D eigenvalue weighted by molar-refractivity contribution is -0.137. The summed E-state index contributed by atoms with van der Waals surface area (Å²) in [4.78, 5) is 25.5. The van der Waals surface area contributed by atoms with E-state index in [4.69, 9.17) is 33.9 Å². The molecule has 0 saturated heterocycles. The van der Waals surface area contributed by atoms with Gasteiger partial charge in [0.15, 0.2) is 5.65 Å². The minimum Gasteiger partial charge on any atom is -0.393 e. The number of amides is 1. The molecule has 1 aromatic carbocycles. The van der Waals surface area contributed by atoms with Crippen molar-refractivity contribution in [2.75, 3.05) is 10.6 Å². The van der Waals surface area contributed by atoms with Crippen molar-refractivity contribution < 1.29 is 23.1 Å². The van der Waals surface area contributed by atoms with Crippen molar-refractivity contribution in [3.63, 3.8) is 0 Å². The van der Waals surface area contributed by atoms with Crippen LogP contribution in [0.4, 0.5) is 30.8 Å². The maximum Gasteiger partial charge on any atom is 0.416 e. The second kappa shape index (κ2) is 11.0. The van der Waals surface area contributed by atoms with Crippen LogP contribution in [-0.2, 0) is 11.0 Å². The van der Waals surface area contributed by atoms with Gasteiger partial charge >= 0.3 is 6.18 Å². The zero-order valence-electron chi connectivity index (χ0n) is 20.8. The third kappa shape index (κ3) is 6.02. The SMILES string of the molecule is NC(=O)[C@H]1CC[C@H](n2c(Nc3c(Cl)cc(C(F)(F)F)cc3Cl)nc3cnc(N[C@@H]4CCC[C@H](O)C4)nc32)CC1. The molecule has 5 N–H and O–H groups in total. The van der Waals surface area contributed by atoms with E-state index < -0.39 is 11.7 Å². The van der Waals surface area contributed by atoms with Gasteiger partial charge in [-0.3, -0.25) is 9.36 Å². The Morgan fingerprint density at radius 1 is 1.08 bits per heavy atom. The molecule has 0 aliphatic heterocycles. The number of carbonyl (C=O) groups is 1. The fourth-order valence-corrected chi connectivity index (χ4v) is 6.04. The van der Waals surface area contributed by atoms with E-state index in [2.05, 4.69) is 20.6 Å². The molecule has 0 radical (unpaired) electrons. The van der Waals surface area contributed by atoms with E-state index in [1.54, 1.807) is 6.20 Å². The number of aromatic nitrogens is 4. The minimum absolute atomic E-state index is 0.0240. The highest BCUT2D eigenvalue weighted by atomic mass is 35.5. The summed E-state index contributed by atoms with van der Waals surface area (Å²) in [5.41, 5.74) is 5.61. The Morgan fingerprint density at radius 2 is 1.77 bits per heavy atom. The summed E-state index contributed by atoms with van der Waals surface area (Å²) in [6.07, 6.45) is 2.11. The number of carbonyl (C=O) groups excluding carboxylic acids is 1. The average Bonchev–Trinajstić information content (AvgIpc) is 3.23. The Kier molecular flexibility index (Phi) is 7.80. The van der Waals surface area contributed by atoms with E-state index in [1.165, 1.54) is 0 Å². The Balaban J connectivity index is 1.52. The van der Waals surface area contributed by atoms with Gasteiger partial charge in [-0.2, -0.15) is 18.2 Å². The molecule has 2 aliphatic rings. The maximum absolute atomic E-state index is 13.2. The number of anilines is 3. The van der Waals surface area contributed by atoms with Crippen LogP contribution in [0.5, 0.6) is 0 Å². The van der Waals surface area contributed by atoms with Crippen molar-refractivity contribution in [2.45, 2.75) is 75.7 Å². The maximum atomic E-state index is 13.2. The third-order valence-electron chi connectivity index (χ3n) is 7.48. The van der Waals surface area contributed by atoms with E-state index in [0.717, 1.165) is 31.4 Å². The molecule has 2 atom stereocenters. The minimum atomic E-state index is -4.61. The number of nitrogens with two attached hydrogens (primary N) is 1. The molecule has 2 aliphatic carbocycles. The van der Waals surface area contributed by atoms with Gasteiger partial charge in [-0.25, -0.2) is 9.97 Å². The standard InChI is InChI=1S/C25H28Cl2F3N7O2/c26-17-8-13(25(28,29)30)9-18(27)20(17)35-24-34-19-11-32-23(33-14-2-1-3-16(38)10-14)36-22(19)37(24)15-6-4-12(5-7-15)21(31)39/h8-9,11-12,14-16,38H,1-7,10H2,(H2,31,39)(H,34,35)(H,32,33,36)/t12-,14-,15-,16+/m1/s1. The summed E-state index contributed by atoms with van der Waals surface area (Å²) in [7, 11) is 0. The molecule has 2 saturated carbocycles. The van der Waals surface area contributed by atoms with Gasteiger partial charge in [0.25, 0.3) is 0 Å². The van der Waals surface area contributed by atoms with Gasteiger partial charge in [0.2, 0.25) is 17.8 Å². The number of aliphatic hydroxyl groups excluding tert-OH is 1. The van der Waals surface area contributed by atoms with Crippen LogP contribution in [-0.4, -0.2) is 42.7 Å². The van der Waals surface area contributed by atoms with E-state index in [9.17, 15) is 23.1 Å². The smallest absolute Gasteiger partial charge is 0.393 e. The first-order valence-electron chi connectivity index (χ1n) is 12.8. The number of benzene rings is 1. The zero-order valence-corrected chi connectivity index (χ0v) is 22.3. The molecule has 5 rings (SSSR count). The number of rotatable bonds is 6. The molecule has 2 heterocycles. The van der Waals surface area contributed by atoms with Crippen molar-refractivity contribution in [3.8, 4) is 0 Å². The summed E-state index contributed by atoms with van der Waals surface area (Å²) >= 11 is 12.5. The first-order chi connectivity index (χ1) is 18.5. The lowest BCUT2D eigenvalue weighted by Crippen LogP contribution is -2.30. The number of hydrogen-bond donors (Lipinski definition) is 4. The predicted molar refractivity (Wildman–Crippen MR) is 142 cm³/mol. The lowest BCUT2D eigenvalue weighted by atomic mass is 9.85. The number of nitrogens with zero attached hydrogens (tertiary/aromatic N) is 4. The largest absolute Gasteiger partial charge is 0.416 e. The zero-order chi connectivity index (χ0) is 27.9. The Hall–Kier alpha value is -2.83. The summed E-state index contributed by atoms with van der Waals surface area (Å²) in [5, 5.41) is 15.9. The lowest BCUT2D eigenvalue weighted by Gasteiger charge is -2.29. The molecule has 2 fully saturated rings. The second-order valence-electron chi connectivity index (χ2n) is 10.2. The molecule has 3 aromatic rings. The molecular weight excluding hydrogens is 558 g/mol. The normalized spacial score (nSPS) is 24.1. The van der Waals surface area contributed by atoms with Crippen molar-refractivity contribution in [1.82, 2.24) is 19.5 Å². The predicted octanol–water partition coefficient (Wildman–Crippen LogP) is 5.83. The molecule has 0 unspecified atom stereocenters. The topological polar surface area (TPSA) is 131 Å². The Bertz CT molecular complexity index is 1350. The van der Waals surface area contributed by atoms with Gasteiger partial charge < -0.3 is 21.5 Å². The van der Waals surface area contributed by atoms with Crippen LogP contribution in [0.2, 0.25) is 10.0 Å². The molecule has 1 amide bonds. The Labute approximate surface area is 232 Å². The third-order valence-corrected chi connectivity index (χ3v) is 8.08. The number of alkyl halides is 3. The van der Waals surface area contributed by atoms with Crippen molar-refractivity contribution in [1.29, 1.82) is 0 Å². The van der Waals surface area contributed by atoms with Gasteiger partial charge in [-0.15, -0.1) is 0 Å². The van der Waals surface area contributed by atoms with Crippen LogP contribution in [0.15, 0.2) is 18.3 Å². The number of hydrogen-bond acceptors (Lipinski definition) is 7. The van der Waals surface area contributed by atoms with Crippen LogP contribution in [0.3, 0.4) is 0 Å². The molecule has 39 heavy (non-hydrogen) atoms. The molecule has 14 heteroatoms. The fraction of sp³-hybridized carbons (Fsp3) is 0.520. The molecule has 210 valence electrons. The molecule has 2 aromatic heterocycles. The molecule has 0 spiro atoms. The molecule has 9 nitrogen and oxygen atoms in total. The summed E-state index contributed by atoms with van der Waals surface area (Å²) in [6.45, 7) is 0. The van der Waals surface area contributed by atoms with Crippen LogP contribution in [0.1, 0.15) is 63.0 Å². The van der Waals surface area contributed by atoms with Crippen molar-refractivity contribution in [3.05, 3.63) is 33.9 Å². The highest BCUT2D eigenvalue weighted by Gasteiger charge is 2.33. The van der Waals surface area contributed by atoms with Crippen LogP contribution < -0.4 is 16.4 Å². The number of fused-ring (bicyclic) bond motifs is 1. The van der Waals surface area contributed by atoms with Crippen LogP contribution >= 0.6 is 23.2 Å². The first kappa shape index (κ1) is 27.7. The van der Waals surface area contributed by atoms with Gasteiger partial charge in [-0.05, 0) is 63.5 Å². The first-order valence-corrected chi connectivity index (χ1v) is 13.6. The van der Waals surface area contributed by atoms with Gasteiger partial charge in [-0.1, -0.05) is 23.2 Å².